The highest BCUT2D eigenvalue weighted by atomic mass is 35.5. The lowest BCUT2D eigenvalue weighted by Gasteiger charge is -2.37. The van der Waals surface area contributed by atoms with Gasteiger partial charge in [-0.15, -0.1) is 0 Å². The van der Waals surface area contributed by atoms with Crippen molar-refractivity contribution >= 4 is 23.4 Å². The van der Waals surface area contributed by atoms with E-state index in [0.29, 0.717) is 23.7 Å². The topological polar surface area (TPSA) is 80.1 Å². The zero-order valence-corrected chi connectivity index (χ0v) is 13.3. The van der Waals surface area contributed by atoms with E-state index in [9.17, 15) is 9.59 Å². The number of amides is 2. The molecule has 2 atom stereocenters. The van der Waals surface area contributed by atoms with Crippen molar-refractivity contribution in [3.63, 3.8) is 0 Å². The van der Waals surface area contributed by atoms with E-state index in [1.807, 2.05) is 0 Å². The first-order chi connectivity index (χ1) is 11.1. The molecule has 0 bridgehead atoms. The fourth-order valence-corrected chi connectivity index (χ4v) is 2.92. The van der Waals surface area contributed by atoms with Gasteiger partial charge in [0.15, 0.2) is 0 Å². The smallest absolute Gasteiger partial charge is 0.248 e. The molecule has 0 radical (unpaired) electrons. The van der Waals surface area contributed by atoms with Crippen molar-refractivity contribution in [1.82, 2.24) is 25.0 Å². The van der Waals surface area contributed by atoms with Crippen molar-refractivity contribution in [2.24, 2.45) is 0 Å². The second-order valence-corrected chi connectivity index (χ2v) is 5.71. The maximum absolute atomic E-state index is 12.9. The van der Waals surface area contributed by atoms with Crippen LogP contribution in [0.3, 0.4) is 0 Å². The SMILES string of the molecule is CC(C(=O)N1CCNC(=O)C1c1ccccc1Cl)n1cncn1. The number of aromatic nitrogens is 3. The van der Waals surface area contributed by atoms with Gasteiger partial charge < -0.3 is 10.2 Å². The van der Waals surface area contributed by atoms with Crippen molar-refractivity contribution in [3.8, 4) is 0 Å². The zero-order chi connectivity index (χ0) is 16.4. The molecule has 1 N–H and O–H groups in total. The normalized spacial score (nSPS) is 19.3. The molecule has 1 aromatic carbocycles. The molecular weight excluding hydrogens is 318 g/mol. The molecule has 8 heteroatoms. The summed E-state index contributed by atoms with van der Waals surface area (Å²) in [7, 11) is 0. The lowest BCUT2D eigenvalue weighted by atomic mass is 10.0. The molecule has 0 saturated carbocycles. The maximum atomic E-state index is 12.9. The van der Waals surface area contributed by atoms with E-state index >= 15 is 0 Å². The number of nitrogens with one attached hydrogen (secondary N) is 1. The molecule has 0 aliphatic carbocycles. The standard InChI is InChI=1S/C15H16ClN5O2/c1-10(21-9-17-8-19-21)15(23)20-7-6-18-14(22)13(20)11-4-2-3-5-12(11)16/h2-5,8-10,13H,6-7H2,1H3,(H,18,22). The van der Waals surface area contributed by atoms with Crippen LogP contribution >= 0.6 is 11.6 Å². The number of nitrogens with zero attached hydrogens (tertiary/aromatic N) is 4. The van der Waals surface area contributed by atoms with Crippen LogP contribution in [0, 0.1) is 0 Å². The van der Waals surface area contributed by atoms with Gasteiger partial charge in [0.05, 0.1) is 0 Å². The van der Waals surface area contributed by atoms with Gasteiger partial charge >= 0.3 is 0 Å². The third-order valence-corrected chi connectivity index (χ3v) is 4.23. The summed E-state index contributed by atoms with van der Waals surface area (Å²) in [6.07, 6.45) is 2.86. The van der Waals surface area contributed by atoms with E-state index in [1.54, 1.807) is 36.1 Å². The van der Waals surface area contributed by atoms with Crippen LogP contribution in [0.2, 0.25) is 5.02 Å². The highest BCUT2D eigenvalue weighted by molar-refractivity contribution is 6.31. The van der Waals surface area contributed by atoms with E-state index in [1.165, 1.54) is 17.3 Å². The lowest BCUT2D eigenvalue weighted by molar-refractivity contribution is -0.145. The Morgan fingerprint density at radius 1 is 1.43 bits per heavy atom. The average Bonchev–Trinajstić information content (AvgIpc) is 3.08. The third kappa shape index (κ3) is 2.92. The minimum atomic E-state index is -0.740. The van der Waals surface area contributed by atoms with E-state index in [4.69, 9.17) is 11.6 Å². The number of piperazine rings is 1. The molecule has 1 saturated heterocycles. The summed E-state index contributed by atoms with van der Waals surface area (Å²) in [4.78, 5) is 30.6. The first-order valence-corrected chi connectivity index (χ1v) is 7.64. The van der Waals surface area contributed by atoms with Gasteiger partial charge in [-0.05, 0) is 13.0 Å². The molecule has 23 heavy (non-hydrogen) atoms. The summed E-state index contributed by atoms with van der Waals surface area (Å²) in [5, 5.41) is 7.25. The second-order valence-electron chi connectivity index (χ2n) is 5.30. The molecule has 1 aromatic heterocycles. The molecule has 0 spiro atoms. The first kappa shape index (κ1) is 15.5. The minimum absolute atomic E-state index is 0.199. The summed E-state index contributed by atoms with van der Waals surface area (Å²) in [6, 6.07) is 5.77. The number of rotatable bonds is 3. The van der Waals surface area contributed by atoms with Crippen molar-refractivity contribution in [2.75, 3.05) is 13.1 Å². The van der Waals surface area contributed by atoms with Gasteiger partial charge in [-0.1, -0.05) is 29.8 Å². The largest absolute Gasteiger partial charge is 0.352 e. The van der Waals surface area contributed by atoms with E-state index in [2.05, 4.69) is 15.4 Å². The molecule has 1 aliphatic heterocycles. The minimum Gasteiger partial charge on any atom is -0.352 e. The highest BCUT2D eigenvalue weighted by Gasteiger charge is 2.37. The van der Waals surface area contributed by atoms with Crippen LogP contribution in [0.5, 0.6) is 0 Å². The van der Waals surface area contributed by atoms with Gasteiger partial charge in [0.25, 0.3) is 0 Å². The summed E-state index contributed by atoms with van der Waals surface area (Å²) in [5.74, 6) is -0.432. The summed E-state index contributed by atoms with van der Waals surface area (Å²) >= 11 is 6.23. The Kier molecular flexibility index (Phi) is 4.29. The third-order valence-electron chi connectivity index (χ3n) is 3.89. The molecule has 1 fully saturated rings. The van der Waals surface area contributed by atoms with Crippen LogP contribution in [0.1, 0.15) is 24.6 Å². The van der Waals surface area contributed by atoms with E-state index in [-0.39, 0.29) is 11.8 Å². The average molecular weight is 334 g/mol. The van der Waals surface area contributed by atoms with Crippen molar-refractivity contribution < 1.29 is 9.59 Å². The fraction of sp³-hybridized carbons (Fsp3) is 0.333. The van der Waals surface area contributed by atoms with Gasteiger partial charge in [-0.2, -0.15) is 5.10 Å². The second kappa shape index (κ2) is 6.37. The van der Waals surface area contributed by atoms with E-state index in [0.717, 1.165) is 0 Å². The van der Waals surface area contributed by atoms with Crippen LogP contribution in [-0.2, 0) is 9.59 Å². The molecule has 2 heterocycles. The maximum Gasteiger partial charge on any atom is 0.248 e. The molecule has 7 nitrogen and oxygen atoms in total. The highest BCUT2D eigenvalue weighted by Crippen LogP contribution is 2.30. The predicted molar refractivity (Wildman–Crippen MR) is 83.6 cm³/mol. The number of halogens is 1. The molecule has 2 unspecified atom stereocenters. The number of benzene rings is 1. The Labute approximate surface area is 138 Å². The first-order valence-electron chi connectivity index (χ1n) is 7.26. The van der Waals surface area contributed by atoms with Crippen LogP contribution in [0.15, 0.2) is 36.9 Å². The van der Waals surface area contributed by atoms with E-state index < -0.39 is 12.1 Å². The Bertz CT molecular complexity index is 718. The lowest BCUT2D eigenvalue weighted by Crippen LogP contribution is -2.53. The van der Waals surface area contributed by atoms with Gasteiger partial charge in [0.2, 0.25) is 11.8 Å². The molecule has 3 rings (SSSR count). The van der Waals surface area contributed by atoms with Crippen LogP contribution < -0.4 is 5.32 Å². The van der Waals surface area contributed by atoms with Gasteiger partial charge in [0.1, 0.15) is 24.7 Å². The Morgan fingerprint density at radius 3 is 2.91 bits per heavy atom. The Morgan fingerprint density at radius 2 is 2.22 bits per heavy atom. The molecule has 1 aliphatic rings. The summed E-state index contributed by atoms with van der Waals surface area (Å²) in [6.45, 7) is 2.56. The predicted octanol–water partition coefficient (Wildman–Crippen LogP) is 1.19. The zero-order valence-electron chi connectivity index (χ0n) is 12.5. The summed E-state index contributed by atoms with van der Waals surface area (Å²) in [5.41, 5.74) is 0.616. The molecule has 2 amide bonds. The van der Waals surface area contributed by atoms with Gasteiger partial charge in [0, 0.05) is 23.7 Å². The number of hydrogen-bond acceptors (Lipinski definition) is 4. The fourth-order valence-electron chi connectivity index (χ4n) is 2.68. The van der Waals surface area contributed by atoms with Crippen molar-refractivity contribution in [3.05, 3.63) is 47.5 Å². The monoisotopic (exact) mass is 333 g/mol. The molecular formula is C15H16ClN5O2. The van der Waals surface area contributed by atoms with Gasteiger partial charge in [-0.25, -0.2) is 9.67 Å². The van der Waals surface area contributed by atoms with Crippen LogP contribution in [0.25, 0.3) is 0 Å². The van der Waals surface area contributed by atoms with Crippen LogP contribution in [0.4, 0.5) is 0 Å². The molecule has 120 valence electrons. The van der Waals surface area contributed by atoms with Gasteiger partial charge in [-0.3, -0.25) is 9.59 Å². The molecule has 2 aromatic rings. The quantitative estimate of drug-likeness (QED) is 0.915. The number of carbonyl (C=O) groups is 2. The number of hydrogen-bond donors (Lipinski definition) is 1. The number of carbonyl (C=O) groups excluding carboxylic acids is 2. The van der Waals surface area contributed by atoms with Crippen molar-refractivity contribution in [1.29, 1.82) is 0 Å². The Hall–Kier alpha value is -2.41. The van der Waals surface area contributed by atoms with Crippen molar-refractivity contribution in [2.45, 2.75) is 19.0 Å². The van der Waals surface area contributed by atoms with Crippen LogP contribution in [-0.4, -0.2) is 44.6 Å². The summed E-state index contributed by atoms with van der Waals surface area (Å²) < 4.78 is 1.47. The Balaban J connectivity index is 1.94.